The van der Waals surface area contributed by atoms with E-state index >= 15 is 0 Å². The van der Waals surface area contributed by atoms with Crippen molar-refractivity contribution in [2.24, 2.45) is 5.41 Å². The minimum atomic E-state index is -1.58. The highest BCUT2D eigenvalue weighted by molar-refractivity contribution is 6.30. The highest BCUT2D eigenvalue weighted by Gasteiger charge is 2.39. The van der Waals surface area contributed by atoms with Gasteiger partial charge in [0, 0.05) is 5.57 Å². The van der Waals surface area contributed by atoms with E-state index in [2.05, 4.69) is 49.9 Å². The largest absolute Gasteiger partial charge is 0.492 e. The van der Waals surface area contributed by atoms with Gasteiger partial charge in [-0.05, 0) is 91.3 Å². The Morgan fingerprint density at radius 2 is 1.14 bits per heavy atom. The van der Waals surface area contributed by atoms with Gasteiger partial charge in [-0.25, -0.2) is 24.0 Å². The summed E-state index contributed by atoms with van der Waals surface area (Å²) in [6.45, 7) is 10.1. The summed E-state index contributed by atoms with van der Waals surface area (Å²) in [5.41, 5.74) is 2.69. The van der Waals surface area contributed by atoms with Crippen LogP contribution < -0.4 is 4.74 Å². The third-order valence-corrected chi connectivity index (χ3v) is 8.04. The van der Waals surface area contributed by atoms with Gasteiger partial charge >= 0.3 is 29.8 Å². The van der Waals surface area contributed by atoms with Crippen LogP contribution in [0.3, 0.4) is 0 Å². The standard InChI is InChI=1S/C40H48O11/c1-7-11-12-13-28-14-15-31-22-32(17-16-30(31)20-28)33-18-19-34(29(8-2)21-33)48-23-40(24-49-35(41)27(5)6,25-50-38(44)36(42)46-9-3)26-51-39(45)37(43)47-10-4/h14-22H,5,7-13,23-26H2,1-4,6H3. The maximum Gasteiger partial charge on any atom is 0.417 e. The maximum atomic E-state index is 12.4. The van der Waals surface area contributed by atoms with Crippen LogP contribution in [0.1, 0.15) is 65.0 Å². The summed E-state index contributed by atoms with van der Waals surface area (Å²) in [6, 6.07) is 18.7. The summed E-state index contributed by atoms with van der Waals surface area (Å²) in [5, 5.41) is 2.31. The van der Waals surface area contributed by atoms with Crippen molar-refractivity contribution >= 4 is 40.6 Å². The molecule has 51 heavy (non-hydrogen) atoms. The quantitative estimate of drug-likeness (QED) is 0.0471. The number of carbonyl (C=O) groups is 5. The van der Waals surface area contributed by atoms with Gasteiger partial charge in [0.15, 0.2) is 0 Å². The Hall–Kier alpha value is -5.19. The Bertz CT molecular complexity index is 1670. The van der Waals surface area contributed by atoms with Crippen LogP contribution in [-0.2, 0) is 60.5 Å². The van der Waals surface area contributed by atoms with Crippen LogP contribution in [-0.4, -0.2) is 69.5 Å². The first kappa shape index (κ1) is 40.2. The van der Waals surface area contributed by atoms with Gasteiger partial charge in [-0.15, -0.1) is 0 Å². The second kappa shape index (κ2) is 19.9. The maximum absolute atomic E-state index is 12.4. The minimum absolute atomic E-state index is 0.0649. The van der Waals surface area contributed by atoms with Crippen molar-refractivity contribution in [2.75, 3.05) is 39.6 Å². The first-order valence-corrected chi connectivity index (χ1v) is 17.2. The minimum Gasteiger partial charge on any atom is -0.492 e. The molecule has 0 N–H and O–H groups in total. The molecule has 0 spiro atoms. The molecule has 0 fully saturated rings. The fourth-order valence-electron chi connectivity index (χ4n) is 5.14. The van der Waals surface area contributed by atoms with E-state index in [1.807, 2.05) is 19.1 Å². The van der Waals surface area contributed by atoms with Gasteiger partial charge in [0.25, 0.3) is 0 Å². The van der Waals surface area contributed by atoms with E-state index in [9.17, 15) is 24.0 Å². The third-order valence-electron chi connectivity index (χ3n) is 8.04. The summed E-state index contributed by atoms with van der Waals surface area (Å²) >= 11 is 0. The van der Waals surface area contributed by atoms with E-state index in [1.165, 1.54) is 51.0 Å². The number of hydrogen-bond acceptors (Lipinski definition) is 11. The van der Waals surface area contributed by atoms with Crippen molar-refractivity contribution in [2.45, 2.75) is 66.7 Å². The first-order chi connectivity index (χ1) is 24.4. The molecule has 0 saturated heterocycles. The van der Waals surface area contributed by atoms with Crippen LogP contribution >= 0.6 is 0 Å². The zero-order valence-corrected chi connectivity index (χ0v) is 30.2. The lowest BCUT2D eigenvalue weighted by Crippen LogP contribution is -2.45. The Balaban J connectivity index is 1.91. The smallest absolute Gasteiger partial charge is 0.417 e. The molecule has 0 heterocycles. The fraction of sp³-hybridized carbons (Fsp3) is 0.425. The van der Waals surface area contributed by atoms with Crippen LogP contribution in [0, 0.1) is 5.41 Å². The van der Waals surface area contributed by atoms with E-state index in [0.717, 1.165) is 28.5 Å². The summed E-state index contributed by atoms with van der Waals surface area (Å²) in [7, 11) is 0. The summed E-state index contributed by atoms with van der Waals surface area (Å²) < 4.78 is 31.6. The Morgan fingerprint density at radius 3 is 1.71 bits per heavy atom. The molecular weight excluding hydrogens is 656 g/mol. The monoisotopic (exact) mass is 704 g/mol. The van der Waals surface area contributed by atoms with Gasteiger partial charge in [0.05, 0.1) is 13.2 Å². The van der Waals surface area contributed by atoms with Crippen molar-refractivity contribution < 1.29 is 52.4 Å². The van der Waals surface area contributed by atoms with E-state index in [0.29, 0.717) is 12.2 Å². The molecule has 3 aromatic rings. The normalized spacial score (nSPS) is 11.0. The predicted octanol–water partition coefficient (Wildman–Crippen LogP) is 6.50. The molecule has 11 nitrogen and oxygen atoms in total. The van der Waals surface area contributed by atoms with Gasteiger partial charge in [-0.3, -0.25) is 0 Å². The molecule has 0 aliphatic rings. The predicted molar refractivity (Wildman–Crippen MR) is 191 cm³/mol. The molecule has 274 valence electrons. The van der Waals surface area contributed by atoms with E-state index in [1.54, 1.807) is 6.07 Å². The first-order valence-electron chi connectivity index (χ1n) is 17.2. The molecule has 0 amide bonds. The average molecular weight is 705 g/mol. The second-order valence-electron chi connectivity index (χ2n) is 12.3. The van der Waals surface area contributed by atoms with Crippen molar-refractivity contribution in [3.8, 4) is 16.9 Å². The Labute approximate surface area is 299 Å². The summed E-state index contributed by atoms with van der Waals surface area (Å²) in [6.07, 6.45) is 5.22. The number of unbranched alkanes of at least 4 members (excludes halogenated alkanes) is 2. The lowest BCUT2D eigenvalue weighted by atomic mass is 9.91. The third kappa shape index (κ3) is 12.0. The Morgan fingerprint density at radius 1 is 0.608 bits per heavy atom. The van der Waals surface area contributed by atoms with Gasteiger partial charge in [0.2, 0.25) is 0 Å². The summed E-state index contributed by atoms with van der Waals surface area (Å²) in [5.74, 6) is -5.39. The van der Waals surface area contributed by atoms with Crippen molar-refractivity contribution in [3.63, 3.8) is 0 Å². The van der Waals surface area contributed by atoms with Crippen molar-refractivity contribution in [1.82, 2.24) is 0 Å². The molecule has 0 atom stereocenters. The van der Waals surface area contributed by atoms with Crippen LogP contribution in [0.2, 0.25) is 0 Å². The lowest BCUT2D eigenvalue weighted by Gasteiger charge is -2.32. The zero-order chi connectivity index (χ0) is 37.4. The number of aryl methyl sites for hydroxylation is 2. The molecule has 0 bridgehead atoms. The number of esters is 5. The SMILES string of the molecule is C=C(C)C(=O)OCC(COC(=O)C(=O)OCC)(COC(=O)C(=O)OCC)COc1ccc(-c2ccc3cc(CCCCC)ccc3c2)cc1CC. The number of hydrogen-bond donors (Lipinski definition) is 0. The van der Waals surface area contributed by atoms with Crippen LogP contribution in [0.4, 0.5) is 0 Å². The van der Waals surface area contributed by atoms with Gasteiger partial charge in [0.1, 0.15) is 37.6 Å². The molecule has 3 aromatic carbocycles. The lowest BCUT2D eigenvalue weighted by molar-refractivity contribution is -0.178. The van der Waals surface area contributed by atoms with Gasteiger partial charge in [-0.2, -0.15) is 0 Å². The van der Waals surface area contributed by atoms with Crippen LogP contribution in [0.5, 0.6) is 5.75 Å². The number of rotatable bonds is 18. The van der Waals surface area contributed by atoms with Crippen molar-refractivity contribution in [3.05, 3.63) is 77.9 Å². The molecule has 0 unspecified atom stereocenters. The van der Waals surface area contributed by atoms with Crippen molar-refractivity contribution in [1.29, 1.82) is 0 Å². The highest BCUT2D eigenvalue weighted by atomic mass is 16.6. The van der Waals surface area contributed by atoms with E-state index in [-0.39, 0.29) is 25.4 Å². The average Bonchev–Trinajstić information content (AvgIpc) is 3.13. The molecule has 0 aliphatic carbocycles. The van der Waals surface area contributed by atoms with Gasteiger partial charge < -0.3 is 28.4 Å². The van der Waals surface area contributed by atoms with E-state index in [4.69, 9.17) is 28.4 Å². The van der Waals surface area contributed by atoms with Gasteiger partial charge in [-0.1, -0.05) is 69.7 Å². The topological polar surface area (TPSA) is 141 Å². The molecule has 0 radical (unpaired) electrons. The number of carbonyl (C=O) groups excluding carboxylic acids is 5. The number of fused-ring (bicyclic) bond motifs is 1. The molecule has 0 aromatic heterocycles. The Kier molecular flexibility index (Phi) is 15.7. The molecule has 11 heteroatoms. The molecule has 0 saturated carbocycles. The van der Waals surface area contributed by atoms with Crippen LogP contribution in [0.15, 0.2) is 66.7 Å². The zero-order valence-electron chi connectivity index (χ0n) is 30.2. The fourth-order valence-corrected chi connectivity index (χ4v) is 5.14. The second-order valence-corrected chi connectivity index (χ2v) is 12.3. The van der Waals surface area contributed by atoms with Crippen LogP contribution in [0.25, 0.3) is 21.9 Å². The molecular formula is C40H48O11. The molecule has 3 rings (SSSR count). The number of ether oxygens (including phenoxy) is 6. The summed E-state index contributed by atoms with van der Waals surface area (Å²) in [4.78, 5) is 61.3. The number of benzene rings is 3. The van der Waals surface area contributed by atoms with E-state index < -0.39 is 55.1 Å². The highest BCUT2D eigenvalue weighted by Crippen LogP contribution is 2.32. The molecule has 0 aliphatic heterocycles.